The number of likely N-dealkylation sites (tertiary alicyclic amines) is 1. The normalized spacial score (nSPS) is 20.5. The van der Waals surface area contributed by atoms with Gasteiger partial charge in [-0.15, -0.1) is 11.3 Å². The Labute approximate surface area is 132 Å². The molecule has 1 aliphatic rings. The topological polar surface area (TPSA) is 39.7 Å². The third-order valence-electron chi connectivity index (χ3n) is 3.97. The fourth-order valence-corrected chi connectivity index (χ4v) is 3.57. The summed E-state index contributed by atoms with van der Waals surface area (Å²) in [4.78, 5) is 8.49. The lowest BCUT2D eigenvalue weighted by molar-refractivity contribution is 0.210. The van der Waals surface area contributed by atoms with Gasteiger partial charge in [0.25, 0.3) is 0 Å². The highest BCUT2D eigenvalue weighted by atomic mass is 32.1. The Hall–Kier alpha value is -1.07. The first-order valence-corrected chi connectivity index (χ1v) is 8.80. The first-order valence-electron chi connectivity index (χ1n) is 7.92. The van der Waals surface area contributed by atoms with Crippen LogP contribution in [-0.4, -0.2) is 44.1 Å². The quantitative estimate of drug-likeness (QED) is 0.648. The van der Waals surface area contributed by atoms with E-state index in [-0.39, 0.29) is 0 Å². The van der Waals surface area contributed by atoms with E-state index in [1.165, 1.54) is 36.4 Å². The summed E-state index contributed by atoms with van der Waals surface area (Å²) in [5.41, 5.74) is 1.34. The molecule has 1 aromatic heterocycles. The van der Waals surface area contributed by atoms with Gasteiger partial charge in [0.1, 0.15) is 0 Å². The summed E-state index contributed by atoms with van der Waals surface area (Å²) in [5.74, 6) is 1.68. The van der Waals surface area contributed by atoms with Crippen molar-refractivity contribution < 1.29 is 0 Å². The molecular weight excluding hydrogens is 280 g/mol. The van der Waals surface area contributed by atoms with E-state index in [0.29, 0.717) is 0 Å². The molecule has 4 nitrogen and oxygen atoms in total. The van der Waals surface area contributed by atoms with Gasteiger partial charge in [0.05, 0.1) is 6.54 Å². The van der Waals surface area contributed by atoms with Crippen molar-refractivity contribution in [3.63, 3.8) is 0 Å². The van der Waals surface area contributed by atoms with Crippen molar-refractivity contribution in [2.75, 3.05) is 33.2 Å². The molecule has 1 aliphatic heterocycles. The first-order chi connectivity index (χ1) is 10.2. The zero-order chi connectivity index (χ0) is 15.1. The fraction of sp³-hybridized carbons (Fsp3) is 0.688. The van der Waals surface area contributed by atoms with Crippen molar-refractivity contribution in [2.24, 2.45) is 10.9 Å². The minimum absolute atomic E-state index is 0.732. The Kier molecular flexibility index (Phi) is 6.51. The van der Waals surface area contributed by atoms with Crippen LogP contribution in [0.25, 0.3) is 0 Å². The number of hydrogen-bond donors (Lipinski definition) is 2. The van der Waals surface area contributed by atoms with Gasteiger partial charge >= 0.3 is 0 Å². The SMILES string of the molecule is CCNC(=NCc1sccc1C)NCC1CCCN(C)C1. The minimum atomic E-state index is 0.732. The van der Waals surface area contributed by atoms with Crippen molar-refractivity contribution in [2.45, 2.75) is 33.2 Å². The van der Waals surface area contributed by atoms with Gasteiger partial charge in [0, 0.05) is 24.5 Å². The van der Waals surface area contributed by atoms with Gasteiger partial charge in [-0.2, -0.15) is 0 Å². The van der Waals surface area contributed by atoms with Crippen LogP contribution < -0.4 is 10.6 Å². The van der Waals surface area contributed by atoms with E-state index >= 15 is 0 Å². The Balaban J connectivity index is 1.84. The van der Waals surface area contributed by atoms with Crippen LogP contribution in [0, 0.1) is 12.8 Å². The molecule has 1 unspecified atom stereocenters. The van der Waals surface area contributed by atoms with Gasteiger partial charge in [-0.1, -0.05) is 0 Å². The monoisotopic (exact) mass is 308 g/mol. The Bertz CT molecular complexity index is 455. The molecule has 2 N–H and O–H groups in total. The molecule has 1 saturated heterocycles. The molecule has 1 atom stereocenters. The highest BCUT2D eigenvalue weighted by Gasteiger charge is 2.17. The van der Waals surface area contributed by atoms with Crippen LogP contribution in [0.4, 0.5) is 0 Å². The van der Waals surface area contributed by atoms with Gasteiger partial charge in [-0.25, -0.2) is 4.99 Å². The Morgan fingerprint density at radius 2 is 2.33 bits per heavy atom. The number of aryl methyl sites for hydroxylation is 1. The maximum absolute atomic E-state index is 4.71. The molecule has 0 amide bonds. The summed E-state index contributed by atoms with van der Waals surface area (Å²) in [7, 11) is 2.21. The van der Waals surface area contributed by atoms with E-state index in [2.05, 4.69) is 47.9 Å². The van der Waals surface area contributed by atoms with Crippen molar-refractivity contribution in [3.8, 4) is 0 Å². The largest absolute Gasteiger partial charge is 0.357 e. The van der Waals surface area contributed by atoms with Crippen LogP contribution in [0.3, 0.4) is 0 Å². The van der Waals surface area contributed by atoms with E-state index in [4.69, 9.17) is 4.99 Å². The van der Waals surface area contributed by atoms with E-state index in [0.717, 1.165) is 31.5 Å². The molecule has 0 radical (unpaired) electrons. The van der Waals surface area contributed by atoms with E-state index < -0.39 is 0 Å². The zero-order valence-electron chi connectivity index (χ0n) is 13.5. The second-order valence-corrected chi connectivity index (χ2v) is 6.87. The lowest BCUT2D eigenvalue weighted by Gasteiger charge is -2.30. The number of aliphatic imine (C=N–C) groups is 1. The van der Waals surface area contributed by atoms with E-state index in [1.54, 1.807) is 11.3 Å². The standard InChI is InChI=1S/C16H28N4S/c1-4-17-16(19-11-15-13(2)7-9-21-15)18-10-14-6-5-8-20(3)12-14/h7,9,14H,4-6,8,10-12H2,1-3H3,(H2,17,18,19). The molecule has 0 aliphatic carbocycles. The van der Waals surface area contributed by atoms with Crippen molar-refractivity contribution in [3.05, 3.63) is 21.9 Å². The van der Waals surface area contributed by atoms with Crippen molar-refractivity contribution in [1.29, 1.82) is 0 Å². The van der Waals surface area contributed by atoms with Gasteiger partial charge < -0.3 is 15.5 Å². The molecular formula is C16H28N4S. The predicted molar refractivity (Wildman–Crippen MR) is 92.1 cm³/mol. The molecule has 0 saturated carbocycles. The predicted octanol–water partition coefficient (Wildman–Crippen LogP) is 2.45. The lowest BCUT2D eigenvalue weighted by atomic mass is 9.99. The molecule has 1 fully saturated rings. The Morgan fingerprint density at radius 1 is 1.48 bits per heavy atom. The number of guanidine groups is 1. The van der Waals surface area contributed by atoms with E-state index in [1.807, 2.05) is 0 Å². The second-order valence-electron chi connectivity index (χ2n) is 5.87. The lowest BCUT2D eigenvalue weighted by Crippen LogP contribution is -2.43. The summed E-state index contributed by atoms with van der Waals surface area (Å²) < 4.78 is 0. The number of hydrogen-bond acceptors (Lipinski definition) is 3. The maximum atomic E-state index is 4.71. The highest BCUT2D eigenvalue weighted by Crippen LogP contribution is 2.16. The number of piperidine rings is 1. The summed E-state index contributed by atoms with van der Waals surface area (Å²) in [6.07, 6.45) is 2.63. The molecule has 21 heavy (non-hydrogen) atoms. The van der Waals surface area contributed by atoms with Crippen LogP contribution in [0.5, 0.6) is 0 Å². The number of thiophene rings is 1. The van der Waals surface area contributed by atoms with Gasteiger partial charge in [0.2, 0.25) is 0 Å². The van der Waals surface area contributed by atoms with E-state index in [9.17, 15) is 0 Å². The van der Waals surface area contributed by atoms with Gasteiger partial charge in [-0.05, 0) is 63.2 Å². The molecule has 5 heteroatoms. The Morgan fingerprint density at radius 3 is 3.00 bits per heavy atom. The highest BCUT2D eigenvalue weighted by molar-refractivity contribution is 7.10. The molecule has 118 valence electrons. The maximum Gasteiger partial charge on any atom is 0.191 e. The van der Waals surface area contributed by atoms with Crippen LogP contribution in [-0.2, 0) is 6.54 Å². The molecule has 2 heterocycles. The zero-order valence-corrected chi connectivity index (χ0v) is 14.3. The van der Waals surface area contributed by atoms with Crippen LogP contribution in [0.2, 0.25) is 0 Å². The smallest absolute Gasteiger partial charge is 0.191 e. The first kappa shape index (κ1) is 16.3. The molecule has 0 aromatic carbocycles. The number of nitrogens with one attached hydrogen (secondary N) is 2. The number of nitrogens with zero attached hydrogens (tertiary/aromatic N) is 2. The van der Waals surface area contributed by atoms with Crippen molar-refractivity contribution in [1.82, 2.24) is 15.5 Å². The van der Waals surface area contributed by atoms with Crippen LogP contribution in [0.1, 0.15) is 30.2 Å². The molecule has 1 aromatic rings. The van der Waals surface area contributed by atoms with Crippen LogP contribution in [0.15, 0.2) is 16.4 Å². The van der Waals surface area contributed by atoms with Crippen molar-refractivity contribution >= 4 is 17.3 Å². The summed E-state index contributed by atoms with van der Waals surface area (Å²) >= 11 is 1.79. The molecule has 0 bridgehead atoms. The summed E-state index contributed by atoms with van der Waals surface area (Å²) in [6.45, 7) is 9.38. The molecule has 2 rings (SSSR count). The molecule has 0 spiro atoms. The number of rotatable bonds is 5. The summed E-state index contributed by atoms with van der Waals surface area (Å²) in [6, 6.07) is 2.16. The fourth-order valence-electron chi connectivity index (χ4n) is 2.74. The third-order valence-corrected chi connectivity index (χ3v) is 4.98. The average Bonchev–Trinajstić information content (AvgIpc) is 2.87. The third kappa shape index (κ3) is 5.32. The summed E-state index contributed by atoms with van der Waals surface area (Å²) in [5, 5.41) is 8.99. The van der Waals surface area contributed by atoms with Gasteiger partial charge in [-0.3, -0.25) is 0 Å². The van der Waals surface area contributed by atoms with Crippen LogP contribution >= 0.6 is 11.3 Å². The average molecular weight is 308 g/mol. The second kappa shape index (κ2) is 8.39. The minimum Gasteiger partial charge on any atom is -0.357 e. The van der Waals surface area contributed by atoms with Gasteiger partial charge in [0.15, 0.2) is 5.96 Å².